The molecule has 0 saturated heterocycles. The zero-order chi connectivity index (χ0) is 14.4. The van der Waals surface area contributed by atoms with Crippen LogP contribution >= 0.6 is 0 Å². The maximum absolute atomic E-state index is 12.1. The minimum atomic E-state index is -0.0729. The molecule has 1 saturated carbocycles. The molecule has 1 aliphatic rings. The lowest BCUT2D eigenvalue weighted by atomic mass is 10.0. The molecule has 3 N–H and O–H groups in total. The first-order valence-corrected chi connectivity index (χ1v) is 7.50. The van der Waals surface area contributed by atoms with Crippen molar-refractivity contribution in [2.45, 2.75) is 39.0 Å². The van der Waals surface area contributed by atoms with Crippen LogP contribution in [0.25, 0.3) is 0 Å². The summed E-state index contributed by atoms with van der Waals surface area (Å²) in [5.41, 5.74) is 6.92. The molecule has 4 heteroatoms. The molecule has 110 valence electrons. The fourth-order valence-electron chi connectivity index (χ4n) is 2.79. The number of hydrogen-bond donors (Lipinski definition) is 2. The van der Waals surface area contributed by atoms with Crippen LogP contribution in [0.5, 0.6) is 5.75 Å². The van der Waals surface area contributed by atoms with Gasteiger partial charge in [0, 0.05) is 23.9 Å². The Labute approximate surface area is 120 Å². The Bertz CT molecular complexity index is 454. The number of anilines is 1. The van der Waals surface area contributed by atoms with Crippen molar-refractivity contribution in [2.24, 2.45) is 5.92 Å². The highest BCUT2D eigenvalue weighted by atomic mass is 16.5. The van der Waals surface area contributed by atoms with E-state index in [1.807, 2.05) is 6.92 Å². The summed E-state index contributed by atoms with van der Waals surface area (Å²) in [7, 11) is 0. The summed E-state index contributed by atoms with van der Waals surface area (Å²) in [5, 5.41) is 2.97. The molecule has 20 heavy (non-hydrogen) atoms. The Hall–Kier alpha value is -1.71. The van der Waals surface area contributed by atoms with Gasteiger partial charge in [-0.3, -0.25) is 4.79 Å². The molecule has 1 amide bonds. The summed E-state index contributed by atoms with van der Waals surface area (Å²) in [6.07, 6.45) is 6.37. The van der Waals surface area contributed by atoms with Crippen LogP contribution in [0.15, 0.2) is 18.2 Å². The smallest absolute Gasteiger partial charge is 0.251 e. The van der Waals surface area contributed by atoms with Gasteiger partial charge in [0.2, 0.25) is 0 Å². The minimum absolute atomic E-state index is 0.0729. The van der Waals surface area contributed by atoms with Gasteiger partial charge in [0.25, 0.3) is 5.91 Å². The molecule has 0 bridgehead atoms. The van der Waals surface area contributed by atoms with Gasteiger partial charge in [-0.05, 0) is 31.4 Å². The predicted octanol–water partition coefficient (Wildman–Crippen LogP) is 2.98. The largest absolute Gasteiger partial charge is 0.494 e. The van der Waals surface area contributed by atoms with Crippen LogP contribution in [0.2, 0.25) is 0 Å². The van der Waals surface area contributed by atoms with Crippen LogP contribution in [-0.4, -0.2) is 19.1 Å². The van der Waals surface area contributed by atoms with E-state index < -0.39 is 0 Å². The third-order valence-corrected chi connectivity index (χ3v) is 3.81. The van der Waals surface area contributed by atoms with E-state index in [9.17, 15) is 4.79 Å². The van der Waals surface area contributed by atoms with Gasteiger partial charge in [-0.1, -0.05) is 25.7 Å². The average molecular weight is 276 g/mol. The topological polar surface area (TPSA) is 64.3 Å². The molecule has 1 fully saturated rings. The van der Waals surface area contributed by atoms with Gasteiger partial charge in [-0.2, -0.15) is 0 Å². The van der Waals surface area contributed by atoms with Crippen LogP contribution in [-0.2, 0) is 0 Å². The summed E-state index contributed by atoms with van der Waals surface area (Å²) in [4.78, 5) is 12.1. The molecule has 4 nitrogen and oxygen atoms in total. The quantitative estimate of drug-likeness (QED) is 0.785. The van der Waals surface area contributed by atoms with Crippen LogP contribution in [0.4, 0.5) is 5.69 Å². The highest BCUT2D eigenvalue weighted by molar-refractivity contribution is 5.95. The zero-order valence-corrected chi connectivity index (χ0v) is 12.2. The molecule has 0 spiro atoms. The Morgan fingerprint density at radius 1 is 1.35 bits per heavy atom. The lowest BCUT2D eigenvalue weighted by Crippen LogP contribution is -2.25. The molecule has 0 heterocycles. The van der Waals surface area contributed by atoms with Gasteiger partial charge in [0.15, 0.2) is 0 Å². The van der Waals surface area contributed by atoms with Crippen molar-refractivity contribution >= 4 is 11.6 Å². The van der Waals surface area contributed by atoms with Crippen molar-refractivity contribution in [3.05, 3.63) is 23.8 Å². The average Bonchev–Trinajstić information content (AvgIpc) is 2.91. The molecule has 0 aliphatic heterocycles. The van der Waals surface area contributed by atoms with Crippen LogP contribution in [0.1, 0.15) is 49.4 Å². The molecule has 0 unspecified atom stereocenters. The Morgan fingerprint density at radius 2 is 2.10 bits per heavy atom. The number of carbonyl (C=O) groups is 1. The van der Waals surface area contributed by atoms with E-state index >= 15 is 0 Å². The van der Waals surface area contributed by atoms with E-state index in [1.165, 1.54) is 25.7 Å². The normalized spacial score (nSPS) is 15.2. The molecule has 0 aromatic heterocycles. The van der Waals surface area contributed by atoms with Crippen molar-refractivity contribution in [2.75, 3.05) is 18.9 Å². The summed E-state index contributed by atoms with van der Waals surface area (Å²) < 4.78 is 5.40. The summed E-state index contributed by atoms with van der Waals surface area (Å²) in [6, 6.07) is 5.16. The first kappa shape index (κ1) is 14.7. The number of rotatable bonds is 6. The number of amides is 1. The Balaban J connectivity index is 1.87. The monoisotopic (exact) mass is 276 g/mol. The lowest BCUT2D eigenvalue weighted by molar-refractivity contribution is 0.0951. The van der Waals surface area contributed by atoms with Crippen molar-refractivity contribution in [3.8, 4) is 5.75 Å². The number of nitrogens with two attached hydrogens (primary N) is 1. The van der Waals surface area contributed by atoms with Gasteiger partial charge in [0.1, 0.15) is 5.75 Å². The first-order valence-electron chi connectivity index (χ1n) is 7.50. The van der Waals surface area contributed by atoms with E-state index in [0.717, 1.165) is 18.9 Å². The number of ether oxygens (including phenoxy) is 1. The summed E-state index contributed by atoms with van der Waals surface area (Å²) in [5.74, 6) is 1.36. The minimum Gasteiger partial charge on any atom is -0.494 e. The molecule has 0 radical (unpaired) electrons. The van der Waals surface area contributed by atoms with Crippen molar-refractivity contribution in [1.29, 1.82) is 0 Å². The Kier molecular flexibility index (Phi) is 5.27. The number of benzene rings is 1. The lowest BCUT2D eigenvalue weighted by Gasteiger charge is -2.11. The number of nitrogen functional groups attached to an aromatic ring is 1. The van der Waals surface area contributed by atoms with Crippen molar-refractivity contribution in [3.63, 3.8) is 0 Å². The Morgan fingerprint density at radius 3 is 2.80 bits per heavy atom. The van der Waals surface area contributed by atoms with Gasteiger partial charge >= 0.3 is 0 Å². The molecular formula is C16H24N2O2. The zero-order valence-electron chi connectivity index (χ0n) is 12.2. The van der Waals surface area contributed by atoms with Gasteiger partial charge < -0.3 is 15.8 Å². The molecular weight excluding hydrogens is 252 g/mol. The SMILES string of the molecule is CCOc1cc(N)cc(C(=O)NCCC2CCCC2)c1. The number of nitrogens with one attached hydrogen (secondary N) is 1. The maximum atomic E-state index is 12.1. The maximum Gasteiger partial charge on any atom is 0.251 e. The van der Waals surface area contributed by atoms with Crippen LogP contribution in [0.3, 0.4) is 0 Å². The molecule has 0 atom stereocenters. The standard InChI is InChI=1S/C16H24N2O2/c1-2-20-15-10-13(9-14(17)11-15)16(19)18-8-7-12-5-3-4-6-12/h9-12H,2-8,17H2,1H3,(H,18,19). The first-order chi connectivity index (χ1) is 9.69. The van der Waals surface area contributed by atoms with E-state index in [1.54, 1.807) is 18.2 Å². The van der Waals surface area contributed by atoms with Crippen LogP contribution in [0, 0.1) is 5.92 Å². The predicted molar refractivity (Wildman–Crippen MR) is 80.9 cm³/mol. The van der Waals surface area contributed by atoms with Crippen molar-refractivity contribution in [1.82, 2.24) is 5.32 Å². The molecule has 1 aromatic carbocycles. The third kappa shape index (κ3) is 4.15. The molecule has 1 aromatic rings. The summed E-state index contributed by atoms with van der Waals surface area (Å²) >= 11 is 0. The highest BCUT2D eigenvalue weighted by Crippen LogP contribution is 2.27. The van der Waals surface area contributed by atoms with Gasteiger partial charge in [-0.15, -0.1) is 0 Å². The number of carbonyl (C=O) groups excluding carboxylic acids is 1. The molecule has 2 rings (SSSR count). The third-order valence-electron chi connectivity index (χ3n) is 3.81. The second-order valence-corrected chi connectivity index (χ2v) is 5.42. The molecule has 1 aliphatic carbocycles. The summed E-state index contributed by atoms with van der Waals surface area (Å²) in [6.45, 7) is 3.21. The van der Waals surface area contributed by atoms with Crippen LogP contribution < -0.4 is 15.8 Å². The second kappa shape index (κ2) is 7.17. The number of hydrogen-bond acceptors (Lipinski definition) is 3. The van der Waals surface area contributed by atoms with E-state index in [4.69, 9.17) is 10.5 Å². The van der Waals surface area contributed by atoms with Gasteiger partial charge in [0.05, 0.1) is 6.61 Å². The fourth-order valence-corrected chi connectivity index (χ4v) is 2.79. The van der Waals surface area contributed by atoms with Gasteiger partial charge in [-0.25, -0.2) is 0 Å². The highest BCUT2D eigenvalue weighted by Gasteiger charge is 2.15. The van der Waals surface area contributed by atoms with E-state index in [0.29, 0.717) is 23.6 Å². The fraction of sp³-hybridized carbons (Fsp3) is 0.562. The van der Waals surface area contributed by atoms with E-state index in [2.05, 4.69) is 5.32 Å². The van der Waals surface area contributed by atoms with E-state index in [-0.39, 0.29) is 5.91 Å². The van der Waals surface area contributed by atoms with Crippen molar-refractivity contribution < 1.29 is 9.53 Å². The second-order valence-electron chi connectivity index (χ2n) is 5.42.